The molecule has 0 radical (unpaired) electrons. The maximum Gasteiger partial charge on any atom is 0.223 e. The summed E-state index contributed by atoms with van der Waals surface area (Å²) in [5.74, 6) is 1.58. The summed E-state index contributed by atoms with van der Waals surface area (Å²) in [6, 6.07) is 5.92. The van der Waals surface area contributed by atoms with Crippen LogP contribution in [0.15, 0.2) is 18.2 Å². The van der Waals surface area contributed by atoms with Crippen LogP contribution in [0.1, 0.15) is 64.0 Å². The van der Waals surface area contributed by atoms with Gasteiger partial charge in [-0.05, 0) is 50.3 Å². The summed E-state index contributed by atoms with van der Waals surface area (Å²) < 4.78 is 11.2. The third kappa shape index (κ3) is 6.36. The number of nitrogens with one attached hydrogen (secondary N) is 1. The van der Waals surface area contributed by atoms with Crippen molar-refractivity contribution in [3.05, 3.63) is 23.8 Å². The first kappa shape index (κ1) is 22.6. The lowest BCUT2D eigenvalue weighted by molar-refractivity contribution is -0.126. The summed E-state index contributed by atoms with van der Waals surface area (Å²) in [5.41, 5.74) is 7.01. The quantitative estimate of drug-likeness (QED) is 0.664. The molecule has 1 amide bonds. The van der Waals surface area contributed by atoms with Crippen molar-refractivity contribution in [3.63, 3.8) is 0 Å². The summed E-state index contributed by atoms with van der Waals surface area (Å²) in [4.78, 5) is 12.5. The molecule has 6 heteroatoms. The normalized spacial score (nSPS) is 20.6. The first-order valence-electron chi connectivity index (χ1n) is 9.41. The van der Waals surface area contributed by atoms with E-state index in [1.165, 1.54) is 0 Å². The Kier molecular flexibility index (Phi) is 9.81. The molecule has 1 saturated carbocycles. The van der Waals surface area contributed by atoms with E-state index in [1.54, 1.807) is 7.11 Å². The molecule has 3 atom stereocenters. The van der Waals surface area contributed by atoms with E-state index in [9.17, 15) is 4.79 Å². The number of rotatable bonds is 8. The van der Waals surface area contributed by atoms with Gasteiger partial charge in [-0.25, -0.2) is 0 Å². The van der Waals surface area contributed by atoms with Crippen LogP contribution in [-0.2, 0) is 4.79 Å². The summed E-state index contributed by atoms with van der Waals surface area (Å²) in [6.45, 7) is 4.81. The van der Waals surface area contributed by atoms with E-state index < -0.39 is 0 Å². The first-order valence-corrected chi connectivity index (χ1v) is 9.41. The average Bonchev–Trinajstić information content (AvgIpc) is 2.62. The van der Waals surface area contributed by atoms with E-state index >= 15 is 0 Å². The monoisotopic (exact) mass is 384 g/mol. The van der Waals surface area contributed by atoms with Crippen LogP contribution < -0.4 is 20.5 Å². The molecule has 148 valence electrons. The molecule has 3 unspecified atom stereocenters. The molecule has 0 aliphatic heterocycles. The predicted octanol–water partition coefficient (Wildman–Crippen LogP) is 3.99. The number of hydrogen-bond acceptors (Lipinski definition) is 4. The molecule has 2 rings (SSSR count). The predicted molar refractivity (Wildman–Crippen MR) is 107 cm³/mol. The fourth-order valence-corrected chi connectivity index (χ4v) is 3.28. The van der Waals surface area contributed by atoms with Gasteiger partial charge in [0.15, 0.2) is 11.5 Å². The zero-order chi connectivity index (χ0) is 18.2. The van der Waals surface area contributed by atoms with E-state index in [1.807, 2.05) is 25.1 Å². The third-order valence-electron chi connectivity index (χ3n) is 4.89. The second-order valence-corrected chi connectivity index (χ2v) is 6.97. The number of ether oxygens (including phenoxy) is 2. The molecule has 0 heterocycles. The van der Waals surface area contributed by atoms with E-state index in [-0.39, 0.29) is 36.3 Å². The molecule has 1 aromatic rings. The SMILES string of the molecule is CCCCOc1ccc(C(C)NC(=O)C2CCCC(N)C2)cc1OC.Cl. The molecule has 0 bridgehead atoms. The van der Waals surface area contributed by atoms with Crippen LogP contribution >= 0.6 is 12.4 Å². The van der Waals surface area contributed by atoms with Gasteiger partial charge in [0.2, 0.25) is 5.91 Å². The Bertz CT molecular complexity index is 568. The van der Waals surface area contributed by atoms with Gasteiger partial charge in [0, 0.05) is 12.0 Å². The number of carbonyl (C=O) groups excluding carboxylic acids is 1. The molecular formula is C20H33ClN2O3. The minimum Gasteiger partial charge on any atom is -0.493 e. The van der Waals surface area contributed by atoms with E-state index in [2.05, 4.69) is 12.2 Å². The van der Waals surface area contributed by atoms with Gasteiger partial charge in [-0.2, -0.15) is 0 Å². The maximum absolute atomic E-state index is 12.5. The average molecular weight is 385 g/mol. The zero-order valence-corrected chi connectivity index (χ0v) is 16.9. The van der Waals surface area contributed by atoms with Gasteiger partial charge in [-0.1, -0.05) is 25.8 Å². The highest BCUT2D eigenvalue weighted by molar-refractivity contribution is 5.85. The Morgan fingerprint density at radius 2 is 2.12 bits per heavy atom. The Morgan fingerprint density at radius 3 is 2.77 bits per heavy atom. The zero-order valence-electron chi connectivity index (χ0n) is 16.1. The maximum atomic E-state index is 12.5. The molecule has 1 aliphatic rings. The second kappa shape index (κ2) is 11.3. The smallest absolute Gasteiger partial charge is 0.223 e. The highest BCUT2D eigenvalue weighted by atomic mass is 35.5. The van der Waals surface area contributed by atoms with Crippen molar-refractivity contribution in [1.82, 2.24) is 5.32 Å². The van der Waals surface area contributed by atoms with E-state index in [0.29, 0.717) is 12.4 Å². The molecule has 1 aromatic carbocycles. The van der Waals surface area contributed by atoms with Crippen LogP contribution in [-0.4, -0.2) is 25.7 Å². The molecule has 0 saturated heterocycles. The first-order chi connectivity index (χ1) is 12.0. The van der Waals surface area contributed by atoms with Crippen molar-refractivity contribution >= 4 is 18.3 Å². The van der Waals surface area contributed by atoms with Crippen molar-refractivity contribution < 1.29 is 14.3 Å². The van der Waals surface area contributed by atoms with Crippen LogP contribution in [0.4, 0.5) is 0 Å². The Morgan fingerprint density at radius 1 is 1.35 bits per heavy atom. The highest BCUT2D eigenvalue weighted by Crippen LogP contribution is 2.31. The van der Waals surface area contributed by atoms with Gasteiger partial charge in [-0.15, -0.1) is 12.4 Å². The number of amides is 1. The second-order valence-electron chi connectivity index (χ2n) is 6.97. The summed E-state index contributed by atoms with van der Waals surface area (Å²) in [6.07, 6.45) is 5.88. The van der Waals surface area contributed by atoms with E-state index in [4.69, 9.17) is 15.2 Å². The third-order valence-corrected chi connectivity index (χ3v) is 4.89. The number of methoxy groups -OCH3 is 1. The van der Waals surface area contributed by atoms with Gasteiger partial charge in [0.1, 0.15) is 0 Å². The Balaban J connectivity index is 0.00000338. The van der Waals surface area contributed by atoms with Crippen LogP contribution in [0.25, 0.3) is 0 Å². The van der Waals surface area contributed by atoms with Gasteiger partial charge in [-0.3, -0.25) is 4.79 Å². The molecule has 26 heavy (non-hydrogen) atoms. The lowest BCUT2D eigenvalue weighted by Crippen LogP contribution is -2.38. The van der Waals surface area contributed by atoms with Crippen molar-refractivity contribution in [3.8, 4) is 11.5 Å². The molecule has 0 aromatic heterocycles. The van der Waals surface area contributed by atoms with Crippen molar-refractivity contribution in [2.75, 3.05) is 13.7 Å². The number of unbranched alkanes of at least 4 members (excludes halogenated alkanes) is 1. The molecule has 0 spiro atoms. The molecular weight excluding hydrogens is 352 g/mol. The van der Waals surface area contributed by atoms with Gasteiger partial charge < -0.3 is 20.5 Å². The van der Waals surface area contributed by atoms with Crippen molar-refractivity contribution in [2.24, 2.45) is 11.7 Å². The number of nitrogens with two attached hydrogens (primary N) is 1. The minimum atomic E-state index is -0.0794. The summed E-state index contributed by atoms with van der Waals surface area (Å²) >= 11 is 0. The van der Waals surface area contributed by atoms with Gasteiger partial charge in [0.05, 0.1) is 19.8 Å². The molecule has 5 nitrogen and oxygen atoms in total. The van der Waals surface area contributed by atoms with Crippen LogP contribution in [0.5, 0.6) is 11.5 Å². The van der Waals surface area contributed by atoms with Crippen LogP contribution in [0.3, 0.4) is 0 Å². The largest absolute Gasteiger partial charge is 0.493 e. The number of carbonyl (C=O) groups is 1. The topological polar surface area (TPSA) is 73.6 Å². The van der Waals surface area contributed by atoms with Gasteiger partial charge >= 0.3 is 0 Å². The van der Waals surface area contributed by atoms with Gasteiger partial charge in [0.25, 0.3) is 0 Å². The lowest BCUT2D eigenvalue weighted by atomic mass is 9.85. The molecule has 1 fully saturated rings. The standard InChI is InChI=1S/C20H32N2O3.ClH/c1-4-5-11-25-18-10-9-15(13-19(18)24-3)14(2)22-20(23)16-7-6-8-17(21)12-16;/h9-10,13-14,16-17H,4-8,11-12,21H2,1-3H3,(H,22,23);1H. The Hall–Kier alpha value is -1.46. The van der Waals surface area contributed by atoms with Crippen LogP contribution in [0, 0.1) is 5.92 Å². The summed E-state index contributed by atoms with van der Waals surface area (Å²) in [7, 11) is 1.64. The Labute approximate surface area is 163 Å². The molecule has 3 N–H and O–H groups in total. The fraction of sp³-hybridized carbons (Fsp3) is 0.650. The van der Waals surface area contributed by atoms with E-state index in [0.717, 1.165) is 49.8 Å². The number of benzene rings is 1. The minimum absolute atomic E-state index is 0. The summed E-state index contributed by atoms with van der Waals surface area (Å²) in [5, 5.41) is 3.12. The number of hydrogen-bond donors (Lipinski definition) is 2. The van der Waals surface area contributed by atoms with Crippen molar-refractivity contribution in [2.45, 2.75) is 64.5 Å². The van der Waals surface area contributed by atoms with Crippen LogP contribution in [0.2, 0.25) is 0 Å². The highest BCUT2D eigenvalue weighted by Gasteiger charge is 2.26. The van der Waals surface area contributed by atoms with Crippen molar-refractivity contribution in [1.29, 1.82) is 0 Å². The lowest BCUT2D eigenvalue weighted by Gasteiger charge is -2.27. The number of halogens is 1. The fourth-order valence-electron chi connectivity index (χ4n) is 3.28. The molecule has 1 aliphatic carbocycles.